The van der Waals surface area contributed by atoms with Gasteiger partial charge in [-0.1, -0.05) is 23.2 Å². The fraction of sp³-hybridized carbons (Fsp3) is 0.250. The minimum Gasteiger partial charge on any atom is -0.477 e. The highest BCUT2D eigenvalue weighted by Gasteiger charge is 2.17. The molecule has 1 atom stereocenters. The number of nitrogens with zero attached hydrogens (tertiary/aromatic N) is 2. The highest BCUT2D eigenvalue weighted by molar-refractivity contribution is 6.35. The molecule has 8 nitrogen and oxygen atoms in total. The van der Waals surface area contributed by atoms with E-state index in [4.69, 9.17) is 32.7 Å². The van der Waals surface area contributed by atoms with Gasteiger partial charge in [0.25, 0.3) is 5.69 Å². The van der Waals surface area contributed by atoms with E-state index < -0.39 is 17.0 Å². The van der Waals surface area contributed by atoms with E-state index in [2.05, 4.69) is 10.3 Å². The zero-order valence-electron chi connectivity index (χ0n) is 13.6. The van der Waals surface area contributed by atoms with Gasteiger partial charge in [-0.2, -0.15) is 0 Å². The molecule has 1 heterocycles. The number of carbonyl (C=O) groups excluding carboxylic acids is 1. The fourth-order valence-corrected chi connectivity index (χ4v) is 2.31. The molecule has 0 saturated carbocycles. The second kappa shape index (κ2) is 9.21. The fourth-order valence-electron chi connectivity index (χ4n) is 1.86. The third-order valence-corrected chi connectivity index (χ3v) is 3.67. The lowest BCUT2D eigenvalue weighted by Crippen LogP contribution is -2.28. The third-order valence-electron chi connectivity index (χ3n) is 3.14. The number of anilines is 1. The Kier molecular flexibility index (Phi) is 6.99. The summed E-state index contributed by atoms with van der Waals surface area (Å²) in [4.78, 5) is 25.8. The highest BCUT2D eigenvalue weighted by atomic mass is 35.5. The zero-order valence-corrected chi connectivity index (χ0v) is 15.2. The minimum atomic E-state index is -0.855. The molecule has 0 bridgehead atoms. The number of ether oxygens (including phenoxy) is 2. The number of rotatable bonds is 8. The first-order valence-corrected chi connectivity index (χ1v) is 8.25. The first-order valence-electron chi connectivity index (χ1n) is 7.49. The van der Waals surface area contributed by atoms with Crippen molar-refractivity contribution in [3.63, 3.8) is 0 Å². The van der Waals surface area contributed by atoms with Crippen molar-refractivity contribution in [2.45, 2.75) is 13.0 Å². The summed E-state index contributed by atoms with van der Waals surface area (Å²) < 4.78 is 10.5. The van der Waals surface area contributed by atoms with Gasteiger partial charge in [0.15, 0.2) is 6.10 Å². The molecule has 10 heteroatoms. The molecule has 0 fully saturated rings. The largest absolute Gasteiger partial charge is 0.477 e. The van der Waals surface area contributed by atoms with Crippen molar-refractivity contribution >= 4 is 40.7 Å². The Morgan fingerprint density at radius 3 is 2.73 bits per heavy atom. The lowest BCUT2D eigenvalue weighted by Gasteiger charge is -2.15. The number of halogens is 2. The summed E-state index contributed by atoms with van der Waals surface area (Å²) in [5.74, 6) is 0.201. The predicted molar refractivity (Wildman–Crippen MR) is 96.9 cm³/mol. The molecule has 26 heavy (non-hydrogen) atoms. The van der Waals surface area contributed by atoms with E-state index in [0.29, 0.717) is 21.6 Å². The maximum absolute atomic E-state index is 11.9. The van der Waals surface area contributed by atoms with Gasteiger partial charge in [-0.3, -0.25) is 10.1 Å². The number of hydrogen-bond acceptors (Lipinski definition) is 7. The van der Waals surface area contributed by atoms with Crippen LogP contribution in [0.15, 0.2) is 36.5 Å². The van der Waals surface area contributed by atoms with Gasteiger partial charge in [0.2, 0.25) is 0 Å². The maximum Gasteiger partial charge on any atom is 0.347 e. The Labute approximate surface area is 159 Å². The molecule has 0 saturated heterocycles. The summed E-state index contributed by atoms with van der Waals surface area (Å²) in [7, 11) is 0. The van der Waals surface area contributed by atoms with Crippen molar-refractivity contribution < 1.29 is 19.2 Å². The number of hydrogen-bond donors (Lipinski definition) is 1. The summed E-state index contributed by atoms with van der Waals surface area (Å²) in [6.45, 7) is 1.89. The van der Waals surface area contributed by atoms with Crippen LogP contribution < -0.4 is 10.1 Å². The van der Waals surface area contributed by atoms with E-state index >= 15 is 0 Å². The number of nitro groups is 1. The van der Waals surface area contributed by atoms with Crippen molar-refractivity contribution in [2.24, 2.45) is 0 Å². The Morgan fingerprint density at radius 1 is 1.35 bits per heavy atom. The van der Waals surface area contributed by atoms with Crippen molar-refractivity contribution in [3.8, 4) is 5.75 Å². The highest BCUT2D eigenvalue weighted by Crippen LogP contribution is 2.28. The van der Waals surface area contributed by atoms with Crippen molar-refractivity contribution in [2.75, 3.05) is 18.5 Å². The van der Waals surface area contributed by atoms with Crippen LogP contribution >= 0.6 is 23.2 Å². The molecule has 0 aliphatic rings. The first kappa shape index (κ1) is 19.7. The first-order chi connectivity index (χ1) is 12.4. The van der Waals surface area contributed by atoms with Crippen LogP contribution in [0.25, 0.3) is 0 Å². The van der Waals surface area contributed by atoms with Crippen molar-refractivity contribution in [1.29, 1.82) is 0 Å². The van der Waals surface area contributed by atoms with E-state index in [-0.39, 0.29) is 18.8 Å². The number of esters is 1. The van der Waals surface area contributed by atoms with Gasteiger partial charge in [-0.15, -0.1) is 0 Å². The quantitative estimate of drug-likeness (QED) is 0.312. The van der Waals surface area contributed by atoms with Crippen LogP contribution in [-0.4, -0.2) is 35.1 Å². The van der Waals surface area contributed by atoms with E-state index in [0.717, 1.165) is 6.20 Å². The lowest BCUT2D eigenvalue weighted by atomic mass is 10.3. The Hall–Kier alpha value is -2.58. The van der Waals surface area contributed by atoms with Crippen LogP contribution in [0.1, 0.15) is 6.92 Å². The molecule has 1 N–H and O–H groups in total. The average Bonchev–Trinajstić information content (AvgIpc) is 2.61. The lowest BCUT2D eigenvalue weighted by molar-refractivity contribution is -0.385. The van der Waals surface area contributed by atoms with E-state index in [9.17, 15) is 14.9 Å². The van der Waals surface area contributed by atoms with Gasteiger partial charge >= 0.3 is 5.97 Å². The second-order valence-electron chi connectivity index (χ2n) is 5.09. The van der Waals surface area contributed by atoms with E-state index in [1.165, 1.54) is 18.2 Å². The van der Waals surface area contributed by atoms with Crippen LogP contribution in [0.4, 0.5) is 11.5 Å². The molecule has 1 unspecified atom stereocenters. The number of nitrogens with one attached hydrogen (secondary N) is 1. The molecule has 1 aromatic carbocycles. The van der Waals surface area contributed by atoms with Gasteiger partial charge in [-0.05, 0) is 31.2 Å². The molecule has 0 radical (unpaired) electrons. The number of benzene rings is 1. The molecule has 0 amide bonds. The molecule has 138 valence electrons. The standard InChI is InChI=1S/C16H15Cl2N3O5/c1-10(26-14-4-2-11(17)8-13(14)18)16(22)25-7-6-19-15-5-3-12(9-20-15)21(23)24/h2-5,8-10H,6-7H2,1H3,(H,19,20). The van der Waals surface area contributed by atoms with E-state index in [1.807, 2.05) is 0 Å². The SMILES string of the molecule is CC(Oc1ccc(Cl)cc1Cl)C(=O)OCCNc1ccc([N+](=O)[O-])cn1. The normalized spacial score (nSPS) is 11.5. The molecule has 0 spiro atoms. The molecule has 0 aliphatic carbocycles. The molecular weight excluding hydrogens is 385 g/mol. The Balaban J connectivity index is 1.74. The molecule has 2 rings (SSSR count). The smallest absolute Gasteiger partial charge is 0.347 e. The summed E-state index contributed by atoms with van der Waals surface area (Å²) in [5, 5.41) is 14.2. The molecule has 0 aliphatic heterocycles. The topological polar surface area (TPSA) is 104 Å². The van der Waals surface area contributed by atoms with Gasteiger partial charge in [0.1, 0.15) is 24.4 Å². The molecule has 1 aromatic heterocycles. The zero-order chi connectivity index (χ0) is 19.1. The number of carbonyl (C=O) groups is 1. The van der Waals surface area contributed by atoms with Gasteiger partial charge in [0.05, 0.1) is 16.5 Å². The molecule has 2 aromatic rings. The van der Waals surface area contributed by atoms with Gasteiger partial charge in [-0.25, -0.2) is 9.78 Å². The summed E-state index contributed by atoms with van der Waals surface area (Å²) in [6.07, 6.45) is 0.284. The average molecular weight is 400 g/mol. The van der Waals surface area contributed by atoms with Crippen LogP contribution in [0.2, 0.25) is 10.0 Å². The summed E-state index contributed by atoms with van der Waals surface area (Å²) in [6, 6.07) is 7.47. The van der Waals surface area contributed by atoms with Crippen LogP contribution in [0, 0.1) is 10.1 Å². The Morgan fingerprint density at radius 2 is 2.12 bits per heavy atom. The van der Waals surface area contributed by atoms with Crippen LogP contribution in [-0.2, 0) is 9.53 Å². The second-order valence-corrected chi connectivity index (χ2v) is 5.93. The van der Waals surface area contributed by atoms with E-state index in [1.54, 1.807) is 19.1 Å². The maximum atomic E-state index is 11.9. The number of aromatic nitrogens is 1. The Bertz CT molecular complexity index is 786. The monoisotopic (exact) mass is 399 g/mol. The van der Waals surface area contributed by atoms with Crippen LogP contribution in [0.3, 0.4) is 0 Å². The van der Waals surface area contributed by atoms with Gasteiger partial charge in [0, 0.05) is 11.1 Å². The summed E-state index contributed by atoms with van der Waals surface area (Å²) in [5.41, 5.74) is -0.103. The summed E-state index contributed by atoms with van der Waals surface area (Å²) >= 11 is 11.8. The van der Waals surface area contributed by atoms with Gasteiger partial charge < -0.3 is 14.8 Å². The molecular formula is C16H15Cl2N3O5. The minimum absolute atomic E-state index is 0.0690. The third kappa shape index (κ3) is 5.75. The predicted octanol–water partition coefficient (Wildman–Crippen LogP) is 3.72. The number of pyridine rings is 1. The van der Waals surface area contributed by atoms with Crippen LogP contribution in [0.5, 0.6) is 5.75 Å². The van der Waals surface area contributed by atoms with Crippen molar-refractivity contribution in [1.82, 2.24) is 4.98 Å². The van der Waals surface area contributed by atoms with Crippen molar-refractivity contribution in [3.05, 3.63) is 56.7 Å².